The minimum absolute atomic E-state index is 0.247. The van der Waals surface area contributed by atoms with Crippen molar-refractivity contribution in [3.05, 3.63) is 30.1 Å². The van der Waals surface area contributed by atoms with Crippen LogP contribution in [0.5, 0.6) is 0 Å². The van der Waals surface area contributed by atoms with Crippen molar-refractivity contribution < 1.29 is 4.39 Å². The van der Waals surface area contributed by atoms with Gasteiger partial charge in [-0.2, -0.15) is 0 Å². The number of hydrogen-bond acceptors (Lipinski definition) is 1. The van der Waals surface area contributed by atoms with Gasteiger partial charge in [-0.05, 0) is 61.5 Å². The molecular weight excluding hydrogens is 247 g/mol. The summed E-state index contributed by atoms with van der Waals surface area (Å²) in [5.74, 6) is 1.43. The van der Waals surface area contributed by atoms with Crippen molar-refractivity contribution in [2.45, 2.75) is 31.7 Å². The van der Waals surface area contributed by atoms with Crippen molar-refractivity contribution in [1.82, 2.24) is 5.32 Å². The average Bonchev–Trinajstić information content (AvgIpc) is 2.90. The van der Waals surface area contributed by atoms with Crippen LogP contribution in [0.15, 0.2) is 24.3 Å². The fourth-order valence-electron chi connectivity index (χ4n) is 3.32. The molecule has 3 atom stereocenters. The van der Waals surface area contributed by atoms with E-state index in [0.717, 1.165) is 11.8 Å². The predicted molar refractivity (Wildman–Crippen MR) is 75.0 cm³/mol. The Morgan fingerprint density at radius 2 is 2.17 bits per heavy atom. The van der Waals surface area contributed by atoms with E-state index in [4.69, 9.17) is 12.2 Å². The summed E-state index contributed by atoms with van der Waals surface area (Å²) < 4.78 is 13.0. The summed E-state index contributed by atoms with van der Waals surface area (Å²) in [5, 5.41) is 7.03. The Morgan fingerprint density at radius 1 is 1.28 bits per heavy atom. The molecule has 2 aliphatic carbocycles. The molecule has 2 fully saturated rings. The van der Waals surface area contributed by atoms with Gasteiger partial charge in [-0.15, -0.1) is 0 Å². The third-order valence-corrected chi connectivity index (χ3v) is 4.36. The molecule has 2 saturated carbocycles. The van der Waals surface area contributed by atoms with Gasteiger partial charge in [0.2, 0.25) is 0 Å². The molecule has 2 bridgehead atoms. The van der Waals surface area contributed by atoms with Crippen LogP contribution in [0.3, 0.4) is 0 Å². The number of halogens is 1. The summed E-state index contributed by atoms with van der Waals surface area (Å²) in [5.41, 5.74) is 0.704. The highest BCUT2D eigenvalue weighted by Gasteiger charge is 2.39. The molecule has 0 aromatic heterocycles. The molecule has 0 amide bonds. The molecular formula is C14H17FN2S. The SMILES string of the molecule is Fc1cccc(NC(=S)N[C@H]2C[C@H]3CC[C@H]2C3)c1. The molecule has 0 spiro atoms. The minimum atomic E-state index is -0.247. The second-order valence-electron chi connectivity index (χ2n) is 5.39. The summed E-state index contributed by atoms with van der Waals surface area (Å²) in [6, 6.07) is 6.89. The van der Waals surface area contributed by atoms with E-state index in [0.29, 0.717) is 16.8 Å². The third kappa shape index (κ3) is 2.48. The molecule has 1 aromatic rings. The summed E-state index contributed by atoms with van der Waals surface area (Å²) in [6.07, 6.45) is 5.29. The van der Waals surface area contributed by atoms with Crippen LogP contribution in [0.1, 0.15) is 25.7 Å². The van der Waals surface area contributed by atoms with Crippen molar-refractivity contribution in [2.24, 2.45) is 11.8 Å². The van der Waals surface area contributed by atoms with Gasteiger partial charge in [0.05, 0.1) is 0 Å². The van der Waals surface area contributed by atoms with Gasteiger partial charge >= 0.3 is 0 Å². The van der Waals surface area contributed by atoms with E-state index in [2.05, 4.69) is 10.6 Å². The number of benzene rings is 1. The second kappa shape index (κ2) is 4.84. The highest BCUT2D eigenvalue weighted by Crippen LogP contribution is 2.44. The molecule has 0 radical (unpaired) electrons. The lowest BCUT2D eigenvalue weighted by atomic mass is 9.96. The van der Waals surface area contributed by atoms with E-state index in [1.54, 1.807) is 6.07 Å². The second-order valence-corrected chi connectivity index (χ2v) is 5.80. The van der Waals surface area contributed by atoms with Crippen LogP contribution >= 0.6 is 12.2 Å². The van der Waals surface area contributed by atoms with E-state index in [1.165, 1.54) is 37.8 Å². The van der Waals surface area contributed by atoms with Gasteiger partial charge < -0.3 is 10.6 Å². The maximum atomic E-state index is 13.0. The van der Waals surface area contributed by atoms with Crippen LogP contribution in [0, 0.1) is 17.7 Å². The zero-order valence-corrected chi connectivity index (χ0v) is 11.0. The maximum absolute atomic E-state index is 13.0. The van der Waals surface area contributed by atoms with Gasteiger partial charge in [-0.1, -0.05) is 12.5 Å². The van der Waals surface area contributed by atoms with Crippen LogP contribution in [0.4, 0.5) is 10.1 Å². The van der Waals surface area contributed by atoms with Crippen LogP contribution in [-0.4, -0.2) is 11.2 Å². The first-order valence-electron chi connectivity index (χ1n) is 6.54. The molecule has 2 nitrogen and oxygen atoms in total. The fraction of sp³-hybridized carbons (Fsp3) is 0.500. The van der Waals surface area contributed by atoms with E-state index >= 15 is 0 Å². The zero-order chi connectivity index (χ0) is 12.5. The van der Waals surface area contributed by atoms with Gasteiger partial charge in [-0.3, -0.25) is 0 Å². The fourth-order valence-corrected chi connectivity index (χ4v) is 3.59. The highest BCUT2D eigenvalue weighted by molar-refractivity contribution is 7.80. The average molecular weight is 264 g/mol. The molecule has 0 heterocycles. The third-order valence-electron chi connectivity index (χ3n) is 4.14. The van der Waals surface area contributed by atoms with E-state index in [-0.39, 0.29) is 5.82 Å². The number of fused-ring (bicyclic) bond motifs is 2. The molecule has 0 unspecified atom stereocenters. The van der Waals surface area contributed by atoms with Crippen LogP contribution in [-0.2, 0) is 0 Å². The van der Waals surface area contributed by atoms with Gasteiger partial charge in [0, 0.05) is 11.7 Å². The van der Waals surface area contributed by atoms with Crippen LogP contribution in [0.25, 0.3) is 0 Å². The first kappa shape index (κ1) is 11.9. The number of anilines is 1. The lowest BCUT2D eigenvalue weighted by molar-refractivity contribution is 0.392. The largest absolute Gasteiger partial charge is 0.359 e. The van der Waals surface area contributed by atoms with E-state index < -0.39 is 0 Å². The number of hydrogen-bond donors (Lipinski definition) is 2. The Hall–Kier alpha value is -1.16. The summed E-state index contributed by atoms with van der Waals surface area (Å²) in [4.78, 5) is 0. The van der Waals surface area contributed by atoms with Gasteiger partial charge in [0.1, 0.15) is 5.82 Å². The summed E-state index contributed by atoms with van der Waals surface area (Å²) in [6.45, 7) is 0. The topological polar surface area (TPSA) is 24.1 Å². The Bertz CT molecular complexity index is 463. The Kier molecular flexibility index (Phi) is 3.20. The lowest BCUT2D eigenvalue weighted by Crippen LogP contribution is -2.40. The van der Waals surface area contributed by atoms with Crippen molar-refractivity contribution in [3.63, 3.8) is 0 Å². The smallest absolute Gasteiger partial charge is 0.171 e. The van der Waals surface area contributed by atoms with Crippen molar-refractivity contribution in [2.75, 3.05) is 5.32 Å². The highest BCUT2D eigenvalue weighted by atomic mass is 32.1. The standard InChI is InChI=1S/C14H17FN2S/c15-11-2-1-3-12(8-11)16-14(18)17-13-7-9-4-5-10(13)6-9/h1-3,8-10,13H,4-7H2,(H2,16,17,18)/t9-,10-,13-/m0/s1. The summed E-state index contributed by atoms with van der Waals surface area (Å²) >= 11 is 5.29. The number of rotatable bonds is 2. The van der Waals surface area contributed by atoms with Crippen molar-refractivity contribution >= 4 is 23.0 Å². The molecule has 3 rings (SSSR count). The molecule has 0 aliphatic heterocycles. The van der Waals surface area contributed by atoms with E-state index in [9.17, 15) is 4.39 Å². The Balaban J connectivity index is 1.56. The van der Waals surface area contributed by atoms with Gasteiger partial charge in [0.15, 0.2) is 5.11 Å². The first-order valence-corrected chi connectivity index (χ1v) is 6.94. The lowest BCUT2D eigenvalue weighted by Gasteiger charge is -2.24. The molecule has 18 heavy (non-hydrogen) atoms. The molecule has 1 aromatic carbocycles. The van der Waals surface area contributed by atoms with Crippen LogP contribution < -0.4 is 10.6 Å². The molecule has 2 N–H and O–H groups in total. The predicted octanol–water partition coefficient (Wildman–Crippen LogP) is 3.30. The van der Waals surface area contributed by atoms with Crippen molar-refractivity contribution in [3.8, 4) is 0 Å². The zero-order valence-electron chi connectivity index (χ0n) is 10.2. The van der Waals surface area contributed by atoms with Gasteiger partial charge in [-0.25, -0.2) is 4.39 Å². The van der Waals surface area contributed by atoms with Crippen molar-refractivity contribution in [1.29, 1.82) is 0 Å². The van der Waals surface area contributed by atoms with E-state index in [1.807, 2.05) is 6.07 Å². The Labute approximate surface area is 112 Å². The maximum Gasteiger partial charge on any atom is 0.171 e. The molecule has 0 saturated heterocycles. The molecule has 2 aliphatic rings. The summed E-state index contributed by atoms with van der Waals surface area (Å²) in [7, 11) is 0. The monoisotopic (exact) mass is 264 g/mol. The number of thiocarbonyl (C=S) groups is 1. The quantitative estimate of drug-likeness (QED) is 0.801. The van der Waals surface area contributed by atoms with Crippen LogP contribution in [0.2, 0.25) is 0 Å². The van der Waals surface area contributed by atoms with Gasteiger partial charge in [0.25, 0.3) is 0 Å². The molecule has 96 valence electrons. The minimum Gasteiger partial charge on any atom is -0.359 e. The first-order chi connectivity index (χ1) is 8.70. The number of nitrogens with one attached hydrogen (secondary N) is 2. The molecule has 4 heteroatoms. The Morgan fingerprint density at radius 3 is 2.83 bits per heavy atom. The normalized spacial score (nSPS) is 29.3.